The largest absolute Gasteiger partial charge is 0.497 e. The van der Waals surface area contributed by atoms with Crippen molar-refractivity contribution in [3.8, 4) is 0 Å². The van der Waals surface area contributed by atoms with Crippen molar-refractivity contribution in [2.24, 2.45) is 22.7 Å². The topological polar surface area (TPSA) is 55.7 Å². The van der Waals surface area contributed by atoms with Crippen LogP contribution in [0.25, 0.3) is 6.08 Å². The van der Waals surface area contributed by atoms with Crippen LogP contribution in [-0.4, -0.2) is 17.8 Å². The molecule has 0 radical (unpaired) electrons. The quantitative estimate of drug-likeness (QED) is 0.832. The van der Waals surface area contributed by atoms with E-state index in [1.807, 2.05) is 30.3 Å². The molecule has 4 rings (SSSR count). The average molecular weight is 309 g/mol. The number of nitrogens with zero attached hydrogens (tertiary/aromatic N) is 1. The molecule has 0 aromatic heterocycles. The minimum atomic E-state index is -0.165. The number of hydrogen-bond donors (Lipinski definition) is 0. The van der Waals surface area contributed by atoms with Crippen molar-refractivity contribution >= 4 is 17.8 Å². The predicted molar refractivity (Wildman–Crippen MR) is 84.7 cm³/mol. The number of rotatable bonds is 2. The molecule has 4 heteroatoms. The summed E-state index contributed by atoms with van der Waals surface area (Å²) in [5.41, 5.74) is 0. The highest BCUT2D eigenvalue weighted by atomic mass is 16.5. The molecule has 23 heavy (non-hydrogen) atoms. The first-order valence-corrected chi connectivity index (χ1v) is 8.26. The number of benzene rings is 1. The summed E-state index contributed by atoms with van der Waals surface area (Å²) < 4.78 is 5.56. The first-order chi connectivity index (χ1) is 11.2. The predicted octanol–water partition coefficient (Wildman–Crippen LogP) is 1.53. The molecule has 1 saturated carbocycles. The first-order valence-electron chi connectivity index (χ1n) is 8.26. The van der Waals surface area contributed by atoms with E-state index in [4.69, 9.17) is 4.74 Å². The summed E-state index contributed by atoms with van der Waals surface area (Å²) in [5.74, 6) is 0.279. The normalized spacial score (nSPS) is 32.2. The van der Waals surface area contributed by atoms with E-state index >= 15 is 0 Å². The molecule has 1 aliphatic carbocycles. The second kappa shape index (κ2) is 5.76. The third kappa shape index (κ3) is 2.74. The maximum atomic E-state index is 12.3. The number of ether oxygens (including phenoxy) is 1. The highest BCUT2D eigenvalue weighted by Gasteiger charge is 2.38. The molecular formula is C19H19NO3. The number of para-hydroxylation sites is 1. The summed E-state index contributed by atoms with van der Waals surface area (Å²) >= 11 is 0. The molecule has 1 amide bonds. The van der Waals surface area contributed by atoms with Crippen molar-refractivity contribution in [2.45, 2.75) is 31.8 Å². The fourth-order valence-corrected chi connectivity index (χ4v) is 3.99. The van der Waals surface area contributed by atoms with Gasteiger partial charge in [-0.15, -0.1) is 0 Å². The Morgan fingerprint density at radius 2 is 2.04 bits per heavy atom. The van der Waals surface area contributed by atoms with E-state index in [1.54, 1.807) is 0 Å². The van der Waals surface area contributed by atoms with Crippen molar-refractivity contribution in [3.63, 3.8) is 0 Å². The first kappa shape index (κ1) is 14.4. The van der Waals surface area contributed by atoms with Crippen LogP contribution < -0.4 is 10.6 Å². The summed E-state index contributed by atoms with van der Waals surface area (Å²) in [6.07, 6.45) is 8.60. The fraction of sp³-hybridized carbons (Fsp3) is 0.421. The van der Waals surface area contributed by atoms with Gasteiger partial charge in [0.2, 0.25) is 0 Å². The lowest BCUT2D eigenvalue weighted by atomic mass is 9.73. The molecule has 0 N–H and O–H groups in total. The molecule has 1 aromatic rings. The zero-order chi connectivity index (χ0) is 15.8. The van der Waals surface area contributed by atoms with Crippen LogP contribution in [0.5, 0.6) is 0 Å². The highest BCUT2D eigenvalue weighted by molar-refractivity contribution is 5.92. The molecule has 4 unspecified atom stereocenters. The van der Waals surface area contributed by atoms with Gasteiger partial charge in [-0.05, 0) is 42.9 Å². The van der Waals surface area contributed by atoms with Crippen molar-refractivity contribution in [1.29, 1.82) is 0 Å². The van der Waals surface area contributed by atoms with Gasteiger partial charge in [-0.3, -0.25) is 9.59 Å². The Morgan fingerprint density at radius 3 is 2.96 bits per heavy atom. The molecule has 2 aliphatic heterocycles. The number of carbonyl (C=O) groups excluding carboxylic acids is 2. The van der Waals surface area contributed by atoms with Gasteiger partial charge in [-0.25, -0.2) is 4.99 Å². The van der Waals surface area contributed by atoms with Gasteiger partial charge >= 0.3 is 0 Å². The van der Waals surface area contributed by atoms with Gasteiger partial charge in [-0.2, -0.15) is 0 Å². The molecule has 4 nitrogen and oxygen atoms in total. The maximum Gasteiger partial charge on any atom is 0.253 e. The van der Waals surface area contributed by atoms with Crippen molar-refractivity contribution in [3.05, 3.63) is 47.2 Å². The Kier molecular flexibility index (Phi) is 3.60. The number of allylic oxidation sites excluding steroid dienone is 1. The van der Waals surface area contributed by atoms with Crippen LogP contribution in [0.3, 0.4) is 0 Å². The van der Waals surface area contributed by atoms with Gasteiger partial charge in [0, 0.05) is 6.08 Å². The number of fused-ring (bicyclic) bond motifs is 2. The Morgan fingerprint density at radius 1 is 1.17 bits per heavy atom. The van der Waals surface area contributed by atoms with Gasteiger partial charge in [0.25, 0.3) is 5.91 Å². The minimum Gasteiger partial charge on any atom is -0.497 e. The van der Waals surface area contributed by atoms with Crippen LogP contribution in [0, 0.1) is 17.8 Å². The Hall–Kier alpha value is -2.23. The second-order valence-corrected chi connectivity index (χ2v) is 6.68. The fourth-order valence-electron chi connectivity index (χ4n) is 3.99. The molecule has 3 aliphatic rings. The molecule has 2 heterocycles. The van der Waals surface area contributed by atoms with Crippen LogP contribution in [0.1, 0.15) is 25.7 Å². The zero-order valence-corrected chi connectivity index (χ0v) is 12.9. The van der Waals surface area contributed by atoms with Gasteiger partial charge in [0.05, 0.1) is 23.5 Å². The highest BCUT2D eigenvalue weighted by Crippen LogP contribution is 2.37. The summed E-state index contributed by atoms with van der Waals surface area (Å²) in [5, 5.41) is 1.80. The van der Waals surface area contributed by atoms with Gasteiger partial charge in [0.1, 0.15) is 6.10 Å². The maximum absolute atomic E-state index is 12.3. The lowest BCUT2D eigenvalue weighted by molar-refractivity contribution is -0.127. The lowest BCUT2D eigenvalue weighted by Crippen LogP contribution is -2.39. The van der Waals surface area contributed by atoms with Crippen LogP contribution in [0.2, 0.25) is 0 Å². The van der Waals surface area contributed by atoms with Crippen LogP contribution in [-0.2, 0) is 14.3 Å². The number of ketones is 1. The van der Waals surface area contributed by atoms with Crippen LogP contribution in [0.15, 0.2) is 41.6 Å². The molecular weight excluding hydrogens is 290 g/mol. The van der Waals surface area contributed by atoms with Crippen LogP contribution in [0.4, 0.5) is 0 Å². The average Bonchev–Trinajstić information content (AvgIpc) is 2.56. The van der Waals surface area contributed by atoms with Gasteiger partial charge in [-0.1, -0.05) is 24.3 Å². The van der Waals surface area contributed by atoms with Gasteiger partial charge in [0.15, 0.2) is 5.78 Å². The Balaban J connectivity index is 1.51. The van der Waals surface area contributed by atoms with E-state index in [0.717, 1.165) is 36.3 Å². The number of carbonyl (C=O) groups is 2. The van der Waals surface area contributed by atoms with Crippen molar-refractivity contribution in [2.75, 3.05) is 0 Å². The molecule has 1 fully saturated rings. The van der Waals surface area contributed by atoms with E-state index in [0.29, 0.717) is 5.92 Å². The summed E-state index contributed by atoms with van der Waals surface area (Å²) in [6.45, 7) is 0. The number of hydrogen-bond acceptors (Lipinski definition) is 3. The summed E-state index contributed by atoms with van der Waals surface area (Å²) in [7, 11) is 0. The third-order valence-electron chi connectivity index (χ3n) is 5.20. The van der Waals surface area contributed by atoms with Crippen LogP contribution >= 0.6 is 0 Å². The summed E-state index contributed by atoms with van der Waals surface area (Å²) in [4.78, 5) is 28.5. The molecule has 1 aromatic carbocycles. The minimum absolute atomic E-state index is 0.0280. The monoisotopic (exact) mass is 309 g/mol. The Bertz CT molecular complexity index is 795. The second-order valence-electron chi connectivity index (χ2n) is 6.68. The van der Waals surface area contributed by atoms with E-state index in [1.165, 1.54) is 12.3 Å². The SMILES string of the molecule is O=C1N=c2ccccc2=CC1CC1CCC2OC=CC(=O)C2C1. The van der Waals surface area contributed by atoms with E-state index in [-0.39, 0.29) is 29.6 Å². The van der Waals surface area contributed by atoms with Crippen molar-refractivity contribution < 1.29 is 14.3 Å². The third-order valence-corrected chi connectivity index (χ3v) is 5.20. The molecule has 0 spiro atoms. The lowest BCUT2D eigenvalue weighted by Gasteiger charge is -2.36. The zero-order valence-electron chi connectivity index (χ0n) is 12.9. The molecule has 4 atom stereocenters. The van der Waals surface area contributed by atoms with E-state index in [9.17, 15) is 9.59 Å². The molecule has 118 valence electrons. The van der Waals surface area contributed by atoms with E-state index < -0.39 is 0 Å². The Labute approximate surface area is 134 Å². The number of amides is 1. The van der Waals surface area contributed by atoms with Crippen molar-refractivity contribution in [1.82, 2.24) is 0 Å². The van der Waals surface area contributed by atoms with E-state index in [2.05, 4.69) is 4.99 Å². The smallest absolute Gasteiger partial charge is 0.253 e. The molecule has 0 bridgehead atoms. The summed E-state index contributed by atoms with van der Waals surface area (Å²) in [6, 6.07) is 7.73. The van der Waals surface area contributed by atoms with Gasteiger partial charge < -0.3 is 4.74 Å². The standard InChI is InChI=1S/C19H19NO3/c21-17-7-8-23-18-6-5-12(10-15(17)18)9-14-11-13-3-1-2-4-16(13)20-19(14)22/h1-4,7-8,11-12,14-15,18H,5-6,9-10H2. The molecule has 0 saturated heterocycles.